The largest absolute Gasteiger partial charge is 0.493 e. The Hall–Kier alpha value is -5.29. The van der Waals surface area contributed by atoms with Gasteiger partial charge in [-0.25, -0.2) is 14.4 Å². The maximum Gasteiger partial charge on any atom is 0.261 e. The number of ether oxygens (including phenoxy) is 3. The number of amides is 1. The van der Waals surface area contributed by atoms with Crippen LogP contribution in [-0.4, -0.2) is 34.7 Å². The Morgan fingerprint density at radius 3 is 2.49 bits per heavy atom. The van der Waals surface area contributed by atoms with Gasteiger partial charge >= 0.3 is 0 Å². The van der Waals surface area contributed by atoms with Crippen LogP contribution in [0, 0.1) is 5.82 Å². The molecule has 0 aliphatic rings. The molecule has 6 aromatic rings. The van der Waals surface area contributed by atoms with E-state index in [0.29, 0.717) is 43.8 Å². The number of carbonyl (C=O) groups excluding carboxylic acids is 1. The fourth-order valence-electron chi connectivity index (χ4n) is 4.70. The summed E-state index contributed by atoms with van der Waals surface area (Å²) in [4.78, 5) is 35.4. The van der Waals surface area contributed by atoms with Gasteiger partial charge in [-0.1, -0.05) is 34.1 Å². The molecule has 0 spiro atoms. The highest BCUT2D eigenvalue weighted by atomic mass is 79.9. The lowest BCUT2D eigenvalue weighted by molar-refractivity contribution is 0.102. The Kier molecular flexibility index (Phi) is 7.47. The van der Waals surface area contributed by atoms with Crippen molar-refractivity contribution in [3.63, 3.8) is 0 Å². The summed E-state index contributed by atoms with van der Waals surface area (Å²) in [5, 5.41) is 3.62. The maximum absolute atomic E-state index is 15.0. The van der Waals surface area contributed by atoms with Crippen molar-refractivity contribution in [2.24, 2.45) is 0 Å². The lowest BCUT2D eigenvalue weighted by Crippen LogP contribution is -2.23. The number of nitrogens with one attached hydrogen (secondary N) is 1. The molecule has 0 aliphatic carbocycles. The molecule has 4 aromatic carbocycles. The van der Waals surface area contributed by atoms with Crippen LogP contribution in [0.1, 0.15) is 10.4 Å². The third-order valence-electron chi connectivity index (χ3n) is 6.74. The Labute approximate surface area is 252 Å². The maximum atomic E-state index is 15.0. The van der Waals surface area contributed by atoms with Crippen molar-refractivity contribution in [2.45, 2.75) is 0 Å². The number of hydrogen-bond acceptors (Lipinski definition) is 7. The van der Waals surface area contributed by atoms with Gasteiger partial charge in [0.05, 0.1) is 36.3 Å². The van der Waals surface area contributed by atoms with E-state index in [1.807, 2.05) is 0 Å². The van der Waals surface area contributed by atoms with Crippen molar-refractivity contribution in [3.8, 4) is 28.8 Å². The number of fused-ring (bicyclic) bond motifs is 2. The second-order valence-electron chi connectivity index (χ2n) is 9.34. The minimum absolute atomic E-state index is 0.157. The summed E-state index contributed by atoms with van der Waals surface area (Å²) in [5.74, 6) is 0.458. The topological polar surface area (TPSA) is 105 Å². The molecule has 9 nitrogen and oxygen atoms in total. The highest BCUT2D eigenvalue weighted by Crippen LogP contribution is 2.36. The van der Waals surface area contributed by atoms with Crippen LogP contribution in [0.4, 0.5) is 10.1 Å². The standard InChI is InChI=1S/C32H22BrFN4O5/c1-41-28-14-22-25(15-29(28)42-2)35-17-36-32(22)43-20-7-5-6-19(13-20)37-31(40)23-16-38(27-11-10-18(33)12-24(27)34)26-9-4-3-8-21(26)30(23)39/h3-17H,1-2H3,(H,37,40). The minimum atomic E-state index is -0.663. The molecule has 0 bridgehead atoms. The monoisotopic (exact) mass is 640 g/mol. The number of para-hydroxylation sites is 1. The Morgan fingerprint density at radius 2 is 1.70 bits per heavy atom. The van der Waals surface area contributed by atoms with Crippen molar-refractivity contribution in [1.29, 1.82) is 0 Å². The van der Waals surface area contributed by atoms with E-state index in [1.54, 1.807) is 72.8 Å². The summed E-state index contributed by atoms with van der Waals surface area (Å²) in [5.41, 5.74) is 0.972. The fraction of sp³-hybridized carbons (Fsp3) is 0.0625. The van der Waals surface area contributed by atoms with Crippen molar-refractivity contribution in [3.05, 3.63) is 117 Å². The van der Waals surface area contributed by atoms with Gasteiger partial charge in [-0.15, -0.1) is 0 Å². The lowest BCUT2D eigenvalue weighted by atomic mass is 10.1. The van der Waals surface area contributed by atoms with Crippen LogP contribution in [0.2, 0.25) is 0 Å². The average molecular weight is 641 g/mol. The zero-order valence-corrected chi connectivity index (χ0v) is 24.4. The molecule has 0 saturated carbocycles. The lowest BCUT2D eigenvalue weighted by Gasteiger charge is -2.15. The van der Waals surface area contributed by atoms with Crippen LogP contribution in [0.5, 0.6) is 23.1 Å². The fourth-order valence-corrected chi connectivity index (χ4v) is 5.04. The van der Waals surface area contributed by atoms with E-state index in [2.05, 4.69) is 31.2 Å². The van der Waals surface area contributed by atoms with Gasteiger partial charge in [0.2, 0.25) is 11.3 Å². The number of halogens is 2. The zero-order valence-electron chi connectivity index (χ0n) is 22.8. The molecule has 0 unspecified atom stereocenters. The van der Waals surface area contributed by atoms with E-state index in [-0.39, 0.29) is 22.5 Å². The first-order valence-corrected chi connectivity index (χ1v) is 13.7. The Bertz CT molecular complexity index is 2100. The molecule has 214 valence electrons. The normalized spacial score (nSPS) is 11.0. The summed E-state index contributed by atoms with van der Waals surface area (Å²) in [7, 11) is 3.06. The zero-order chi connectivity index (χ0) is 30.1. The highest BCUT2D eigenvalue weighted by molar-refractivity contribution is 9.10. The summed E-state index contributed by atoms with van der Waals surface area (Å²) in [6, 6.07) is 21.4. The summed E-state index contributed by atoms with van der Waals surface area (Å²) >= 11 is 3.26. The highest BCUT2D eigenvalue weighted by Gasteiger charge is 2.19. The van der Waals surface area contributed by atoms with E-state index in [1.165, 1.54) is 37.4 Å². The number of carbonyl (C=O) groups is 1. The number of pyridine rings is 1. The second kappa shape index (κ2) is 11.5. The van der Waals surface area contributed by atoms with Crippen molar-refractivity contribution in [2.75, 3.05) is 19.5 Å². The quantitative estimate of drug-likeness (QED) is 0.202. The molecule has 11 heteroatoms. The number of benzene rings is 4. The molecular formula is C32H22BrFN4O5. The van der Waals surface area contributed by atoms with Gasteiger partial charge in [0.25, 0.3) is 5.91 Å². The van der Waals surface area contributed by atoms with E-state index in [4.69, 9.17) is 14.2 Å². The predicted molar refractivity (Wildman–Crippen MR) is 164 cm³/mol. The average Bonchev–Trinajstić information content (AvgIpc) is 3.01. The number of rotatable bonds is 7. The molecule has 1 N–H and O–H groups in total. The van der Waals surface area contributed by atoms with Gasteiger partial charge in [0, 0.05) is 33.9 Å². The number of nitrogens with zero attached hydrogens (tertiary/aromatic N) is 3. The molecule has 2 aromatic heterocycles. The van der Waals surface area contributed by atoms with Crippen molar-refractivity contribution in [1.82, 2.24) is 14.5 Å². The van der Waals surface area contributed by atoms with E-state index in [9.17, 15) is 14.0 Å². The molecule has 2 heterocycles. The van der Waals surface area contributed by atoms with Gasteiger partial charge in [-0.2, -0.15) is 0 Å². The molecule has 0 atom stereocenters. The Balaban J connectivity index is 1.34. The minimum Gasteiger partial charge on any atom is -0.493 e. The smallest absolute Gasteiger partial charge is 0.261 e. The molecule has 0 aliphatic heterocycles. The predicted octanol–water partition coefficient (Wildman–Crippen LogP) is 6.90. The summed E-state index contributed by atoms with van der Waals surface area (Å²) < 4.78 is 33.9. The SMILES string of the molecule is COc1cc2ncnc(Oc3cccc(NC(=O)c4cn(-c5ccc(Br)cc5F)c5ccccc5c4=O)c3)c2cc1OC. The first-order valence-electron chi connectivity index (χ1n) is 12.9. The van der Waals surface area contributed by atoms with Crippen LogP contribution < -0.4 is 25.0 Å². The molecule has 0 saturated heterocycles. The molecule has 43 heavy (non-hydrogen) atoms. The summed E-state index contributed by atoms with van der Waals surface area (Å²) in [6.07, 6.45) is 2.72. The summed E-state index contributed by atoms with van der Waals surface area (Å²) in [6.45, 7) is 0. The van der Waals surface area contributed by atoms with E-state index in [0.717, 1.165) is 0 Å². The van der Waals surface area contributed by atoms with E-state index >= 15 is 0 Å². The Morgan fingerprint density at radius 1 is 0.907 bits per heavy atom. The van der Waals surface area contributed by atoms with Crippen LogP contribution in [0.25, 0.3) is 27.5 Å². The number of hydrogen-bond donors (Lipinski definition) is 1. The molecule has 0 fully saturated rings. The van der Waals surface area contributed by atoms with E-state index < -0.39 is 17.2 Å². The van der Waals surface area contributed by atoms with Gasteiger partial charge in [-0.3, -0.25) is 9.59 Å². The van der Waals surface area contributed by atoms with Gasteiger partial charge in [-0.05, 0) is 48.5 Å². The van der Waals surface area contributed by atoms with Crippen molar-refractivity contribution < 1.29 is 23.4 Å². The molecule has 0 radical (unpaired) electrons. The molecule has 6 rings (SSSR count). The second-order valence-corrected chi connectivity index (χ2v) is 10.3. The third-order valence-corrected chi connectivity index (χ3v) is 7.23. The first kappa shape index (κ1) is 27.9. The first-order chi connectivity index (χ1) is 20.9. The van der Waals surface area contributed by atoms with Crippen LogP contribution in [0.15, 0.2) is 101 Å². The van der Waals surface area contributed by atoms with Crippen molar-refractivity contribution >= 4 is 49.3 Å². The van der Waals surface area contributed by atoms with Gasteiger partial charge in [0.1, 0.15) is 23.5 Å². The van der Waals surface area contributed by atoms with Gasteiger partial charge < -0.3 is 24.1 Å². The van der Waals surface area contributed by atoms with Crippen LogP contribution >= 0.6 is 15.9 Å². The number of anilines is 1. The molecular weight excluding hydrogens is 619 g/mol. The number of aromatic nitrogens is 3. The van der Waals surface area contributed by atoms with Crippen LogP contribution in [-0.2, 0) is 0 Å². The van der Waals surface area contributed by atoms with Crippen LogP contribution in [0.3, 0.4) is 0 Å². The molecule has 1 amide bonds. The van der Waals surface area contributed by atoms with Gasteiger partial charge in [0.15, 0.2) is 11.5 Å². The third kappa shape index (κ3) is 5.38. The number of methoxy groups -OCH3 is 2.